The highest BCUT2D eigenvalue weighted by Crippen LogP contribution is 2.21. The molecule has 0 fully saturated rings. The lowest BCUT2D eigenvalue weighted by molar-refractivity contribution is 0.0737. The average Bonchev–Trinajstić information content (AvgIpc) is 2.80. The van der Waals surface area contributed by atoms with Gasteiger partial charge in [0.25, 0.3) is 0 Å². The fraction of sp³-hybridized carbons (Fsp3) is 0.545. The van der Waals surface area contributed by atoms with Crippen LogP contribution in [0, 0.1) is 6.92 Å². The van der Waals surface area contributed by atoms with Gasteiger partial charge in [-0.05, 0) is 20.8 Å². The maximum Gasteiger partial charge on any atom is 0.114 e. The Balaban J connectivity index is 2.27. The molecule has 0 radical (unpaired) electrons. The van der Waals surface area contributed by atoms with Crippen LogP contribution in [0.2, 0.25) is 5.02 Å². The Morgan fingerprint density at radius 1 is 1.44 bits per heavy atom. The van der Waals surface area contributed by atoms with Gasteiger partial charge in [0.1, 0.15) is 11.3 Å². The summed E-state index contributed by atoms with van der Waals surface area (Å²) in [7, 11) is 1.84. The second kappa shape index (κ2) is 4.37. The van der Waals surface area contributed by atoms with E-state index in [1.54, 1.807) is 29.4 Å². The van der Waals surface area contributed by atoms with Crippen LogP contribution in [0.5, 0.6) is 0 Å². The summed E-state index contributed by atoms with van der Waals surface area (Å²) in [5.74, 6) is 0. The molecule has 0 atom stereocenters. The van der Waals surface area contributed by atoms with E-state index in [2.05, 4.69) is 15.4 Å². The van der Waals surface area contributed by atoms with Crippen molar-refractivity contribution >= 4 is 11.6 Å². The molecule has 2 aromatic rings. The van der Waals surface area contributed by atoms with Crippen LogP contribution >= 0.6 is 11.6 Å². The van der Waals surface area contributed by atoms with Gasteiger partial charge in [-0.15, -0.1) is 5.10 Å². The van der Waals surface area contributed by atoms with Crippen molar-refractivity contribution in [1.29, 1.82) is 0 Å². The van der Waals surface area contributed by atoms with Gasteiger partial charge in [-0.1, -0.05) is 16.8 Å². The van der Waals surface area contributed by atoms with Gasteiger partial charge in [0.2, 0.25) is 0 Å². The van der Waals surface area contributed by atoms with Crippen molar-refractivity contribution in [3.63, 3.8) is 0 Å². The van der Waals surface area contributed by atoms with E-state index in [4.69, 9.17) is 11.6 Å². The first-order chi connectivity index (χ1) is 8.29. The third kappa shape index (κ3) is 2.39. The molecule has 0 saturated carbocycles. The van der Waals surface area contributed by atoms with Crippen molar-refractivity contribution in [2.75, 3.05) is 0 Å². The monoisotopic (exact) mass is 269 g/mol. The standard InChI is InChI=1S/C11H16ClN5O/c1-7-10(12)8(16(4)14-7)5-17-6-9(13-15-17)11(2,3)18/h6,18H,5H2,1-4H3. The number of rotatable bonds is 3. The van der Waals surface area contributed by atoms with Gasteiger partial charge in [-0.2, -0.15) is 5.10 Å². The zero-order chi connectivity index (χ0) is 13.5. The van der Waals surface area contributed by atoms with Crippen molar-refractivity contribution < 1.29 is 5.11 Å². The third-order valence-electron chi connectivity index (χ3n) is 2.74. The summed E-state index contributed by atoms with van der Waals surface area (Å²) in [6, 6.07) is 0. The fourth-order valence-electron chi connectivity index (χ4n) is 1.66. The molecule has 18 heavy (non-hydrogen) atoms. The van der Waals surface area contributed by atoms with Crippen LogP contribution in [0.3, 0.4) is 0 Å². The molecule has 1 N–H and O–H groups in total. The second-order valence-electron chi connectivity index (χ2n) is 4.83. The summed E-state index contributed by atoms with van der Waals surface area (Å²) in [5, 5.41) is 22.6. The second-order valence-corrected chi connectivity index (χ2v) is 5.21. The molecule has 0 amide bonds. The Bertz CT molecular complexity index is 566. The van der Waals surface area contributed by atoms with Crippen LogP contribution in [-0.2, 0) is 19.2 Å². The van der Waals surface area contributed by atoms with E-state index in [1.807, 2.05) is 14.0 Å². The molecule has 0 saturated heterocycles. The highest BCUT2D eigenvalue weighted by atomic mass is 35.5. The minimum absolute atomic E-state index is 0.471. The van der Waals surface area contributed by atoms with Crippen LogP contribution in [0.15, 0.2) is 6.20 Å². The molecular weight excluding hydrogens is 254 g/mol. The summed E-state index contributed by atoms with van der Waals surface area (Å²) in [6.07, 6.45) is 1.71. The van der Waals surface area contributed by atoms with Gasteiger partial charge in [-0.3, -0.25) is 4.68 Å². The van der Waals surface area contributed by atoms with E-state index in [-0.39, 0.29) is 0 Å². The van der Waals surface area contributed by atoms with E-state index >= 15 is 0 Å². The lowest BCUT2D eigenvalue weighted by atomic mass is 10.1. The average molecular weight is 270 g/mol. The van der Waals surface area contributed by atoms with Crippen LogP contribution < -0.4 is 0 Å². The number of aliphatic hydroxyl groups is 1. The molecular formula is C11H16ClN5O. The Kier molecular flexibility index (Phi) is 3.16. The maximum atomic E-state index is 9.82. The number of halogens is 1. The third-order valence-corrected chi connectivity index (χ3v) is 3.23. The number of aryl methyl sites for hydroxylation is 2. The van der Waals surface area contributed by atoms with Crippen molar-refractivity contribution in [2.45, 2.75) is 32.9 Å². The summed E-state index contributed by atoms with van der Waals surface area (Å²) in [4.78, 5) is 0. The van der Waals surface area contributed by atoms with Crippen molar-refractivity contribution in [3.05, 3.63) is 28.3 Å². The minimum atomic E-state index is -0.996. The van der Waals surface area contributed by atoms with E-state index < -0.39 is 5.60 Å². The normalized spacial score (nSPS) is 12.1. The van der Waals surface area contributed by atoms with Gasteiger partial charge in [0, 0.05) is 7.05 Å². The first-order valence-corrected chi connectivity index (χ1v) is 5.98. The Morgan fingerprint density at radius 3 is 2.56 bits per heavy atom. The molecule has 0 unspecified atom stereocenters. The van der Waals surface area contributed by atoms with Crippen LogP contribution in [0.25, 0.3) is 0 Å². The number of nitrogens with zero attached hydrogens (tertiary/aromatic N) is 5. The summed E-state index contributed by atoms with van der Waals surface area (Å²) < 4.78 is 3.36. The number of hydrogen-bond donors (Lipinski definition) is 1. The van der Waals surface area contributed by atoms with Gasteiger partial charge in [-0.25, -0.2) is 4.68 Å². The van der Waals surface area contributed by atoms with Gasteiger partial charge in [0.15, 0.2) is 0 Å². The van der Waals surface area contributed by atoms with E-state index in [1.165, 1.54) is 0 Å². The molecule has 0 aliphatic heterocycles. The molecule has 0 bridgehead atoms. The molecule has 0 spiro atoms. The SMILES string of the molecule is Cc1nn(C)c(Cn2cc(C(C)(C)O)nn2)c1Cl. The smallest absolute Gasteiger partial charge is 0.114 e. The highest BCUT2D eigenvalue weighted by Gasteiger charge is 2.21. The molecule has 98 valence electrons. The first kappa shape index (κ1) is 13.0. The predicted molar refractivity (Wildman–Crippen MR) is 67.3 cm³/mol. The molecule has 7 heteroatoms. The van der Waals surface area contributed by atoms with Gasteiger partial charge >= 0.3 is 0 Å². The van der Waals surface area contributed by atoms with Crippen molar-refractivity contribution in [3.8, 4) is 0 Å². The van der Waals surface area contributed by atoms with E-state index in [0.717, 1.165) is 11.4 Å². The zero-order valence-electron chi connectivity index (χ0n) is 10.8. The first-order valence-electron chi connectivity index (χ1n) is 5.60. The van der Waals surface area contributed by atoms with E-state index in [0.29, 0.717) is 17.3 Å². The Morgan fingerprint density at radius 2 is 2.11 bits per heavy atom. The van der Waals surface area contributed by atoms with Crippen LogP contribution in [-0.4, -0.2) is 29.9 Å². The largest absolute Gasteiger partial charge is 0.384 e. The lowest BCUT2D eigenvalue weighted by Crippen LogP contribution is -2.15. The zero-order valence-corrected chi connectivity index (χ0v) is 11.6. The molecule has 2 aromatic heterocycles. The summed E-state index contributed by atoms with van der Waals surface area (Å²) >= 11 is 6.17. The van der Waals surface area contributed by atoms with Gasteiger partial charge < -0.3 is 5.11 Å². The quantitative estimate of drug-likeness (QED) is 0.911. The van der Waals surface area contributed by atoms with E-state index in [9.17, 15) is 5.11 Å². The molecule has 0 aromatic carbocycles. The Hall–Kier alpha value is -1.40. The maximum absolute atomic E-state index is 9.82. The summed E-state index contributed by atoms with van der Waals surface area (Å²) in [6.45, 7) is 5.67. The minimum Gasteiger partial charge on any atom is -0.384 e. The number of aromatic nitrogens is 5. The molecule has 2 rings (SSSR count). The van der Waals surface area contributed by atoms with Crippen LogP contribution in [0.4, 0.5) is 0 Å². The van der Waals surface area contributed by atoms with Crippen molar-refractivity contribution in [2.24, 2.45) is 7.05 Å². The van der Waals surface area contributed by atoms with Gasteiger partial charge in [0.05, 0.1) is 29.2 Å². The Labute approximate surface area is 110 Å². The molecule has 0 aliphatic rings. The van der Waals surface area contributed by atoms with Crippen molar-refractivity contribution in [1.82, 2.24) is 24.8 Å². The predicted octanol–water partition coefficient (Wildman–Crippen LogP) is 1.25. The number of hydrogen-bond acceptors (Lipinski definition) is 4. The lowest BCUT2D eigenvalue weighted by Gasteiger charge is -2.11. The molecule has 2 heterocycles. The van der Waals surface area contributed by atoms with Crippen LogP contribution in [0.1, 0.15) is 30.9 Å². The molecule has 0 aliphatic carbocycles. The molecule has 6 nitrogen and oxygen atoms in total. The summed E-state index contributed by atoms with van der Waals surface area (Å²) in [5.41, 5.74) is 1.18. The topological polar surface area (TPSA) is 68.8 Å². The highest BCUT2D eigenvalue weighted by molar-refractivity contribution is 6.31. The fourth-order valence-corrected chi connectivity index (χ4v) is 1.88.